The molecule has 2 aromatic carbocycles. The van der Waals surface area contributed by atoms with E-state index in [-0.39, 0.29) is 42.9 Å². The molecule has 0 saturated heterocycles. The van der Waals surface area contributed by atoms with Crippen molar-refractivity contribution >= 4 is 34.9 Å². The number of halogens is 1. The Morgan fingerprint density at radius 2 is 1.50 bits per heavy atom. The Labute approximate surface area is 189 Å². The first-order valence-corrected chi connectivity index (χ1v) is 9.84. The first-order valence-electron chi connectivity index (χ1n) is 9.46. The molecule has 2 aromatic rings. The summed E-state index contributed by atoms with van der Waals surface area (Å²) in [5.74, 6) is -0.995. The number of hydrogen-bond acceptors (Lipinski definition) is 8. The van der Waals surface area contributed by atoms with Crippen LogP contribution in [0.4, 0.5) is 11.4 Å². The van der Waals surface area contributed by atoms with E-state index in [1.165, 1.54) is 32.0 Å². The fraction of sp³-hybridized carbons (Fsp3) is 0.333. The van der Waals surface area contributed by atoms with Gasteiger partial charge in [0, 0.05) is 43.9 Å². The van der Waals surface area contributed by atoms with Crippen LogP contribution in [0.5, 0.6) is 0 Å². The Kier molecular flexibility index (Phi) is 10.8. The van der Waals surface area contributed by atoms with Crippen LogP contribution in [0.1, 0.15) is 37.8 Å². The maximum atomic E-state index is 10.8. The molecular formula is C21H23ClN2O8. The molecule has 0 aliphatic carbocycles. The van der Waals surface area contributed by atoms with Crippen molar-refractivity contribution in [2.75, 3.05) is 13.2 Å². The number of para-hydroxylation sites is 1. The predicted molar refractivity (Wildman–Crippen MR) is 117 cm³/mol. The molecule has 0 aliphatic heterocycles. The third-order valence-corrected chi connectivity index (χ3v) is 4.50. The van der Waals surface area contributed by atoms with Crippen LogP contribution in [0, 0.1) is 20.2 Å². The SMILES string of the molecule is CC(=O)OCC(C)c1ccccc1[N+](=O)[O-].CC(=O)OCCc1c(Cl)cccc1[N+](=O)[O-]. The van der Waals surface area contributed by atoms with Gasteiger partial charge in [0.25, 0.3) is 11.4 Å². The number of carbonyl (C=O) groups excluding carboxylic acids is 2. The van der Waals surface area contributed by atoms with Gasteiger partial charge in [-0.1, -0.05) is 42.8 Å². The Morgan fingerprint density at radius 1 is 0.938 bits per heavy atom. The van der Waals surface area contributed by atoms with Gasteiger partial charge in [-0.25, -0.2) is 0 Å². The fourth-order valence-electron chi connectivity index (χ4n) is 2.67. The Bertz CT molecular complexity index is 980. The first kappa shape index (κ1) is 26.5. The molecule has 0 amide bonds. The van der Waals surface area contributed by atoms with Gasteiger partial charge < -0.3 is 9.47 Å². The van der Waals surface area contributed by atoms with Crippen molar-refractivity contribution in [1.29, 1.82) is 0 Å². The molecule has 32 heavy (non-hydrogen) atoms. The van der Waals surface area contributed by atoms with Crippen LogP contribution < -0.4 is 0 Å². The smallest absolute Gasteiger partial charge is 0.302 e. The van der Waals surface area contributed by atoms with E-state index in [4.69, 9.17) is 21.1 Å². The second-order valence-corrected chi connectivity index (χ2v) is 7.01. The summed E-state index contributed by atoms with van der Waals surface area (Å²) in [5, 5.41) is 21.8. The molecule has 0 aromatic heterocycles. The first-order chi connectivity index (χ1) is 15.0. The molecule has 172 valence electrons. The molecule has 0 spiro atoms. The number of rotatable bonds is 8. The van der Waals surface area contributed by atoms with E-state index >= 15 is 0 Å². The van der Waals surface area contributed by atoms with E-state index in [0.29, 0.717) is 16.1 Å². The summed E-state index contributed by atoms with van der Waals surface area (Å²) in [4.78, 5) is 41.7. The number of carbonyl (C=O) groups is 2. The molecule has 0 bridgehead atoms. The summed E-state index contributed by atoms with van der Waals surface area (Å²) in [6.07, 6.45) is 0.232. The van der Waals surface area contributed by atoms with Crippen molar-refractivity contribution in [3.05, 3.63) is 78.8 Å². The summed E-state index contributed by atoms with van der Waals surface area (Å²) in [5.41, 5.74) is 0.964. The van der Waals surface area contributed by atoms with Gasteiger partial charge in [-0.2, -0.15) is 0 Å². The third kappa shape index (κ3) is 8.68. The van der Waals surface area contributed by atoms with Crippen LogP contribution in [0.25, 0.3) is 0 Å². The summed E-state index contributed by atoms with van der Waals surface area (Å²) in [7, 11) is 0. The van der Waals surface area contributed by atoms with Gasteiger partial charge in [-0.3, -0.25) is 29.8 Å². The molecule has 2 rings (SSSR count). The minimum absolute atomic E-state index is 0.0559. The minimum Gasteiger partial charge on any atom is -0.466 e. The zero-order valence-electron chi connectivity index (χ0n) is 17.8. The van der Waals surface area contributed by atoms with Crippen molar-refractivity contribution in [1.82, 2.24) is 0 Å². The van der Waals surface area contributed by atoms with E-state index in [2.05, 4.69) is 0 Å². The minimum atomic E-state index is -0.505. The highest BCUT2D eigenvalue weighted by Gasteiger charge is 2.19. The van der Waals surface area contributed by atoms with Crippen LogP contribution in [0.15, 0.2) is 42.5 Å². The number of ether oxygens (including phenoxy) is 2. The predicted octanol–water partition coefficient (Wildman–Crippen LogP) is 4.62. The number of nitro groups is 2. The second-order valence-electron chi connectivity index (χ2n) is 6.60. The largest absolute Gasteiger partial charge is 0.466 e. The molecule has 0 heterocycles. The van der Waals surface area contributed by atoms with Crippen LogP contribution in [0.2, 0.25) is 5.02 Å². The zero-order valence-corrected chi connectivity index (χ0v) is 18.5. The molecule has 0 radical (unpaired) electrons. The number of esters is 2. The van der Waals surface area contributed by atoms with E-state index in [1.54, 1.807) is 31.2 Å². The van der Waals surface area contributed by atoms with Crippen molar-refractivity contribution in [2.45, 2.75) is 33.1 Å². The highest BCUT2D eigenvalue weighted by molar-refractivity contribution is 6.31. The van der Waals surface area contributed by atoms with Gasteiger partial charge in [-0.05, 0) is 6.07 Å². The van der Waals surface area contributed by atoms with Gasteiger partial charge in [0.15, 0.2) is 0 Å². The Balaban J connectivity index is 0.000000320. The molecule has 10 nitrogen and oxygen atoms in total. The third-order valence-electron chi connectivity index (χ3n) is 4.15. The molecule has 0 aliphatic rings. The summed E-state index contributed by atoms with van der Waals surface area (Å²) in [6.45, 7) is 4.61. The number of hydrogen-bond donors (Lipinski definition) is 0. The van der Waals surface area contributed by atoms with Crippen LogP contribution in [-0.2, 0) is 25.5 Å². The molecule has 0 N–H and O–H groups in total. The van der Waals surface area contributed by atoms with E-state index in [0.717, 1.165) is 0 Å². The zero-order chi connectivity index (χ0) is 24.3. The van der Waals surface area contributed by atoms with Crippen molar-refractivity contribution < 1.29 is 28.9 Å². The summed E-state index contributed by atoms with van der Waals surface area (Å²) >= 11 is 5.84. The molecule has 11 heteroatoms. The van der Waals surface area contributed by atoms with Crippen LogP contribution in [-0.4, -0.2) is 35.0 Å². The van der Waals surface area contributed by atoms with E-state index < -0.39 is 15.8 Å². The molecule has 0 fully saturated rings. The number of nitrogens with zero attached hydrogens (tertiary/aromatic N) is 2. The average Bonchev–Trinajstić information content (AvgIpc) is 2.73. The standard InChI is InChI=1S/C11H13NO4.C10H10ClNO4/c1-8(7-16-9(2)13)10-5-3-4-6-11(10)12(14)15;1-7(13)16-6-5-8-9(11)3-2-4-10(8)12(14)15/h3-6,8H,7H2,1-2H3;2-4H,5-6H2,1H3. The normalized spacial score (nSPS) is 10.9. The fourth-order valence-corrected chi connectivity index (χ4v) is 2.93. The second kappa shape index (κ2) is 13.0. The van der Waals surface area contributed by atoms with E-state index in [9.17, 15) is 29.8 Å². The molecule has 1 unspecified atom stereocenters. The monoisotopic (exact) mass is 466 g/mol. The van der Waals surface area contributed by atoms with Gasteiger partial charge >= 0.3 is 11.9 Å². The van der Waals surface area contributed by atoms with Gasteiger partial charge in [0.05, 0.1) is 33.6 Å². The topological polar surface area (TPSA) is 139 Å². The highest BCUT2D eigenvalue weighted by atomic mass is 35.5. The van der Waals surface area contributed by atoms with Crippen molar-refractivity contribution in [3.8, 4) is 0 Å². The Hall–Kier alpha value is -3.53. The lowest BCUT2D eigenvalue weighted by molar-refractivity contribution is -0.385. The molecule has 1 atom stereocenters. The molecule has 0 saturated carbocycles. The van der Waals surface area contributed by atoms with Crippen molar-refractivity contribution in [2.24, 2.45) is 0 Å². The van der Waals surface area contributed by atoms with Crippen molar-refractivity contribution in [3.63, 3.8) is 0 Å². The van der Waals surface area contributed by atoms with Gasteiger partial charge in [0.2, 0.25) is 0 Å². The number of nitro benzene ring substituents is 2. The quantitative estimate of drug-likeness (QED) is 0.312. The summed E-state index contributed by atoms with van der Waals surface area (Å²) in [6, 6.07) is 10.9. The summed E-state index contributed by atoms with van der Waals surface area (Å²) < 4.78 is 9.55. The maximum absolute atomic E-state index is 10.8. The van der Waals surface area contributed by atoms with Gasteiger partial charge in [-0.15, -0.1) is 0 Å². The Morgan fingerprint density at radius 3 is 2.06 bits per heavy atom. The number of benzene rings is 2. The lowest BCUT2D eigenvalue weighted by atomic mass is 10.0. The highest BCUT2D eigenvalue weighted by Crippen LogP contribution is 2.27. The van der Waals surface area contributed by atoms with Gasteiger partial charge in [0.1, 0.15) is 0 Å². The lowest BCUT2D eigenvalue weighted by Gasteiger charge is -2.11. The maximum Gasteiger partial charge on any atom is 0.302 e. The van der Waals surface area contributed by atoms with Crippen LogP contribution >= 0.6 is 11.6 Å². The van der Waals surface area contributed by atoms with E-state index in [1.807, 2.05) is 0 Å². The van der Waals surface area contributed by atoms with Crippen LogP contribution in [0.3, 0.4) is 0 Å². The lowest BCUT2D eigenvalue weighted by Crippen LogP contribution is -2.09. The molecular weight excluding hydrogens is 444 g/mol. The average molecular weight is 467 g/mol.